The number of aliphatic hydroxyl groups is 1. The van der Waals surface area contributed by atoms with Crippen LogP contribution >= 0.6 is 0 Å². The Morgan fingerprint density at radius 3 is 2.35 bits per heavy atom. The molecule has 0 aromatic heterocycles. The van der Waals surface area contributed by atoms with Crippen molar-refractivity contribution < 1.29 is 9.90 Å². The Hall–Kier alpha value is -1.55. The van der Waals surface area contributed by atoms with Crippen LogP contribution in [0.5, 0.6) is 0 Å². The molecule has 0 fully saturated rings. The highest BCUT2D eigenvalue weighted by Crippen LogP contribution is 2.12. The molecule has 0 aliphatic carbocycles. The van der Waals surface area contributed by atoms with Crippen LogP contribution < -0.4 is 10.2 Å². The zero-order valence-electron chi connectivity index (χ0n) is 10.6. The van der Waals surface area contributed by atoms with Crippen LogP contribution in [0.2, 0.25) is 0 Å². The predicted octanol–water partition coefficient (Wildman–Crippen LogP) is 1.25. The van der Waals surface area contributed by atoms with E-state index in [1.807, 2.05) is 38.1 Å². The van der Waals surface area contributed by atoms with E-state index in [9.17, 15) is 4.79 Å². The van der Waals surface area contributed by atoms with Gasteiger partial charge in [0.15, 0.2) is 0 Å². The largest absolute Gasteiger partial charge is 0.394 e. The van der Waals surface area contributed by atoms with Gasteiger partial charge in [-0.05, 0) is 30.7 Å². The second kappa shape index (κ2) is 6.25. The first kappa shape index (κ1) is 13.5. The van der Waals surface area contributed by atoms with Crippen LogP contribution in [0.4, 0.5) is 5.69 Å². The highest BCUT2D eigenvalue weighted by molar-refractivity contribution is 5.94. The molecule has 0 saturated heterocycles. The van der Waals surface area contributed by atoms with Crippen molar-refractivity contribution in [2.24, 2.45) is 0 Å². The van der Waals surface area contributed by atoms with Crippen molar-refractivity contribution in [3.05, 3.63) is 29.8 Å². The Morgan fingerprint density at radius 1 is 1.35 bits per heavy atom. The molecule has 0 heterocycles. The summed E-state index contributed by atoms with van der Waals surface area (Å²) in [5.41, 5.74) is 1.67. The van der Waals surface area contributed by atoms with Gasteiger partial charge in [0.05, 0.1) is 12.6 Å². The van der Waals surface area contributed by atoms with Crippen LogP contribution in [0.1, 0.15) is 23.7 Å². The third-order valence-electron chi connectivity index (χ3n) is 2.69. The number of anilines is 1. The summed E-state index contributed by atoms with van der Waals surface area (Å²) >= 11 is 0. The van der Waals surface area contributed by atoms with Crippen LogP contribution in [-0.4, -0.2) is 37.8 Å². The molecule has 0 spiro atoms. The van der Waals surface area contributed by atoms with Crippen molar-refractivity contribution in [3.63, 3.8) is 0 Å². The number of amides is 1. The van der Waals surface area contributed by atoms with Gasteiger partial charge < -0.3 is 15.3 Å². The van der Waals surface area contributed by atoms with Gasteiger partial charge in [-0.15, -0.1) is 0 Å². The molecule has 0 aliphatic rings. The number of nitrogens with zero attached hydrogens (tertiary/aromatic N) is 1. The Balaban J connectivity index is 2.69. The molecule has 1 aromatic rings. The molecular formula is C13H20N2O2. The number of carbonyl (C=O) groups excluding carboxylic acids is 1. The van der Waals surface area contributed by atoms with Crippen molar-refractivity contribution in [3.8, 4) is 0 Å². The summed E-state index contributed by atoms with van der Waals surface area (Å²) in [6.45, 7) is 1.90. The van der Waals surface area contributed by atoms with Crippen molar-refractivity contribution in [1.29, 1.82) is 0 Å². The van der Waals surface area contributed by atoms with Crippen LogP contribution in [-0.2, 0) is 0 Å². The molecule has 0 radical (unpaired) electrons. The first-order valence-electron chi connectivity index (χ1n) is 5.77. The summed E-state index contributed by atoms with van der Waals surface area (Å²) < 4.78 is 0. The molecule has 4 nitrogen and oxygen atoms in total. The number of rotatable bonds is 5. The van der Waals surface area contributed by atoms with Crippen LogP contribution in [0, 0.1) is 0 Å². The number of hydrogen-bond donors (Lipinski definition) is 2. The van der Waals surface area contributed by atoms with Gasteiger partial charge in [-0.2, -0.15) is 0 Å². The van der Waals surface area contributed by atoms with Crippen molar-refractivity contribution in [1.82, 2.24) is 5.32 Å². The predicted molar refractivity (Wildman–Crippen MR) is 69.4 cm³/mol. The Bertz CT molecular complexity index is 356. The first-order chi connectivity index (χ1) is 8.08. The maximum Gasteiger partial charge on any atom is 0.251 e. The minimum absolute atomic E-state index is 0.0297. The van der Waals surface area contributed by atoms with E-state index in [4.69, 9.17) is 5.11 Å². The molecule has 0 unspecified atom stereocenters. The lowest BCUT2D eigenvalue weighted by Crippen LogP contribution is -2.36. The van der Waals surface area contributed by atoms with Gasteiger partial charge in [-0.1, -0.05) is 6.92 Å². The fraction of sp³-hybridized carbons (Fsp3) is 0.462. The van der Waals surface area contributed by atoms with Crippen molar-refractivity contribution in [2.75, 3.05) is 25.6 Å². The standard InChI is InChI=1S/C13H20N2O2/c1-4-11(9-16)14-13(17)10-5-7-12(8-6-10)15(2)3/h5-8,11,16H,4,9H2,1-3H3,(H,14,17)/t11-/m0/s1. The zero-order valence-corrected chi connectivity index (χ0v) is 10.6. The lowest BCUT2D eigenvalue weighted by atomic mass is 10.1. The Kier molecular flexibility index (Phi) is 4.97. The maximum atomic E-state index is 11.8. The third-order valence-corrected chi connectivity index (χ3v) is 2.69. The fourth-order valence-electron chi connectivity index (χ4n) is 1.46. The highest BCUT2D eigenvalue weighted by atomic mass is 16.3. The van der Waals surface area contributed by atoms with E-state index in [0.29, 0.717) is 5.56 Å². The molecule has 4 heteroatoms. The van der Waals surface area contributed by atoms with Gasteiger partial charge in [0.1, 0.15) is 0 Å². The van der Waals surface area contributed by atoms with E-state index in [2.05, 4.69) is 5.32 Å². The molecule has 1 aromatic carbocycles. The quantitative estimate of drug-likeness (QED) is 0.809. The van der Waals surface area contributed by atoms with Gasteiger partial charge in [-0.3, -0.25) is 4.79 Å². The molecule has 0 bridgehead atoms. The van der Waals surface area contributed by atoms with Gasteiger partial charge in [-0.25, -0.2) is 0 Å². The number of hydrogen-bond acceptors (Lipinski definition) is 3. The molecule has 0 saturated carbocycles. The number of aliphatic hydroxyl groups excluding tert-OH is 1. The van der Waals surface area contributed by atoms with Gasteiger partial charge in [0.25, 0.3) is 5.91 Å². The van der Waals surface area contributed by atoms with Crippen LogP contribution in [0.3, 0.4) is 0 Å². The second-order valence-electron chi connectivity index (χ2n) is 4.20. The van der Waals surface area contributed by atoms with Crippen molar-refractivity contribution in [2.45, 2.75) is 19.4 Å². The van der Waals surface area contributed by atoms with E-state index < -0.39 is 0 Å². The van der Waals surface area contributed by atoms with Crippen LogP contribution in [0.25, 0.3) is 0 Å². The van der Waals surface area contributed by atoms with Crippen molar-refractivity contribution >= 4 is 11.6 Å². The molecule has 1 rings (SSSR count). The zero-order chi connectivity index (χ0) is 12.8. The van der Waals surface area contributed by atoms with E-state index in [-0.39, 0.29) is 18.6 Å². The molecule has 94 valence electrons. The lowest BCUT2D eigenvalue weighted by Gasteiger charge is -2.15. The molecule has 2 N–H and O–H groups in total. The minimum atomic E-state index is -0.170. The smallest absolute Gasteiger partial charge is 0.251 e. The summed E-state index contributed by atoms with van der Waals surface area (Å²) in [4.78, 5) is 13.8. The SMILES string of the molecule is CC[C@@H](CO)NC(=O)c1ccc(N(C)C)cc1. The van der Waals surface area contributed by atoms with Crippen LogP contribution in [0.15, 0.2) is 24.3 Å². The van der Waals surface area contributed by atoms with Gasteiger partial charge >= 0.3 is 0 Å². The normalized spacial score (nSPS) is 12.0. The fourth-order valence-corrected chi connectivity index (χ4v) is 1.46. The summed E-state index contributed by atoms with van der Waals surface area (Å²) in [6.07, 6.45) is 0.720. The highest BCUT2D eigenvalue weighted by Gasteiger charge is 2.10. The Labute approximate surface area is 102 Å². The molecule has 1 atom stereocenters. The minimum Gasteiger partial charge on any atom is -0.394 e. The molecular weight excluding hydrogens is 216 g/mol. The first-order valence-corrected chi connectivity index (χ1v) is 5.77. The summed E-state index contributed by atoms with van der Waals surface area (Å²) in [6, 6.07) is 7.20. The number of carbonyl (C=O) groups is 1. The van der Waals surface area contributed by atoms with E-state index in [0.717, 1.165) is 12.1 Å². The average molecular weight is 236 g/mol. The van der Waals surface area contributed by atoms with E-state index in [1.165, 1.54) is 0 Å². The molecule has 17 heavy (non-hydrogen) atoms. The Morgan fingerprint density at radius 2 is 1.94 bits per heavy atom. The number of benzene rings is 1. The molecule has 1 amide bonds. The topological polar surface area (TPSA) is 52.6 Å². The summed E-state index contributed by atoms with van der Waals surface area (Å²) in [5.74, 6) is -0.142. The lowest BCUT2D eigenvalue weighted by molar-refractivity contribution is 0.0915. The summed E-state index contributed by atoms with van der Waals surface area (Å²) in [7, 11) is 3.90. The second-order valence-corrected chi connectivity index (χ2v) is 4.20. The number of nitrogens with one attached hydrogen (secondary N) is 1. The van der Waals surface area contributed by atoms with E-state index >= 15 is 0 Å². The summed E-state index contributed by atoms with van der Waals surface area (Å²) in [5, 5.41) is 11.8. The maximum absolute atomic E-state index is 11.8. The van der Waals surface area contributed by atoms with Gasteiger partial charge in [0.2, 0.25) is 0 Å². The monoisotopic (exact) mass is 236 g/mol. The van der Waals surface area contributed by atoms with Gasteiger partial charge in [0, 0.05) is 25.3 Å². The third kappa shape index (κ3) is 3.75. The van der Waals surface area contributed by atoms with E-state index in [1.54, 1.807) is 12.1 Å². The molecule has 0 aliphatic heterocycles. The average Bonchev–Trinajstić information content (AvgIpc) is 2.35.